The molecule has 2 N–H and O–H groups in total. The minimum absolute atomic E-state index is 0.342. The van der Waals surface area contributed by atoms with Crippen LogP contribution in [0.3, 0.4) is 0 Å². The van der Waals surface area contributed by atoms with Crippen LogP contribution in [0, 0.1) is 0 Å². The monoisotopic (exact) mass is 171 g/mol. The third-order valence-electron chi connectivity index (χ3n) is 2.84. The van der Waals surface area contributed by atoms with Crippen LogP contribution >= 0.6 is 0 Å². The Kier molecular flexibility index (Phi) is 3.50. The first-order valence-electron chi connectivity index (χ1n) is 4.90. The number of hydrogen-bond acceptors (Lipinski definition) is 3. The largest absolute Gasteiger partial charge is 0.325 e. The molecule has 3 nitrogen and oxygen atoms in total. The molecule has 0 saturated carbocycles. The molecule has 1 fully saturated rings. The third-order valence-corrected chi connectivity index (χ3v) is 2.84. The maximum absolute atomic E-state index is 6.04. The van der Waals surface area contributed by atoms with Crippen LogP contribution in [0.1, 0.15) is 20.3 Å². The van der Waals surface area contributed by atoms with E-state index < -0.39 is 0 Å². The van der Waals surface area contributed by atoms with Crippen molar-refractivity contribution >= 4 is 0 Å². The van der Waals surface area contributed by atoms with Crippen molar-refractivity contribution < 1.29 is 0 Å². The molecular weight excluding hydrogens is 150 g/mol. The molecule has 3 heteroatoms. The Morgan fingerprint density at radius 1 is 1.42 bits per heavy atom. The highest BCUT2D eigenvalue weighted by molar-refractivity contribution is 4.87. The van der Waals surface area contributed by atoms with Crippen LogP contribution in [-0.4, -0.2) is 48.7 Å². The van der Waals surface area contributed by atoms with Crippen molar-refractivity contribution in [1.29, 1.82) is 0 Å². The van der Waals surface area contributed by atoms with Crippen molar-refractivity contribution in [2.45, 2.75) is 32.5 Å². The Balaban J connectivity index is 2.57. The predicted molar refractivity (Wildman–Crippen MR) is 51.9 cm³/mol. The van der Waals surface area contributed by atoms with Crippen molar-refractivity contribution in [2.75, 3.05) is 26.7 Å². The summed E-state index contributed by atoms with van der Waals surface area (Å²) in [4.78, 5) is 4.79. The molecule has 12 heavy (non-hydrogen) atoms. The van der Waals surface area contributed by atoms with Gasteiger partial charge in [-0.1, -0.05) is 13.8 Å². The maximum atomic E-state index is 6.04. The number of nitrogens with two attached hydrogens (primary N) is 1. The lowest BCUT2D eigenvalue weighted by Crippen LogP contribution is -2.50. The van der Waals surface area contributed by atoms with E-state index >= 15 is 0 Å². The highest BCUT2D eigenvalue weighted by Gasteiger charge is 2.32. The Hall–Kier alpha value is -0.120. The summed E-state index contributed by atoms with van der Waals surface area (Å²) in [7, 11) is 2.16. The second kappa shape index (κ2) is 4.21. The molecule has 0 bridgehead atoms. The van der Waals surface area contributed by atoms with Gasteiger partial charge in [0.15, 0.2) is 0 Å². The second-order valence-electron chi connectivity index (χ2n) is 3.57. The minimum Gasteiger partial charge on any atom is -0.325 e. The lowest BCUT2D eigenvalue weighted by molar-refractivity contribution is 0.0939. The summed E-state index contributed by atoms with van der Waals surface area (Å²) >= 11 is 0. The molecule has 1 heterocycles. The van der Waals surface area contributed by atoms with E-state index in [2.05, 4.69) is 30.7 Å². The van der Waals surface area contributed by atoms with Crippen molar-refractivity contribution in [3.8, 4) is 0 Å². The van der Waals surface area contributed by atoms with Crippen LogP contribution < -0.4 is 5.73 Å². The highest BCUT2D eigenvalue weighted by atomic mass is 15.4. The number of rotatable bonds is 3. The molecule has 0 amide bonds. The van der Waals surface area contributed by atoms with E-state index in [1.807, 2.05) is 0 Å². The summed E-state index contributed by atoms with van der Waals surface area (Å²) in [5, 5.41) is 0. The molecule has 0 radical (unpaired) electrons. The summed E-state index contributed by atoms with van der Waals surface area (Å²) in [5.41, 5.74) is 6.04. The molecule has 72 valence electrons. The summed E-state index contributed by atoms with van der Waals surface area (Å²) < 4.78 is 0. The topological polar surface area (TPSA) is 32.5 Å². The van der Waals surface area contributed by atoms with Gasteiger partial charge in [-0.25, -0.2) is 0 Å². The Morgan fingerprint density at radius 2 is 2.00 bits per heavy atom. The van der Waals surface area contributed by atoms with Gasteiger partial charge in [0.25, 0.3) is 0 Å². The average molecular weight is 171 g/mol. The van der Waals surface area contributed by atoms with Gasteiger partial charge in [0.05, 0.1) is 6.17 Å². The average Bonchev–Trinajstić information content (AvgIpc) is 2.38. The van der Waals surface area contributed by atoms with Gasteiger partial charge in [-0.15, -0.1) is 0 Å². The van der Waals surface area contributed by atoms with Gasteiger partial charge in [0.2, 0.25) is 0 Å². The predicted octanol–water partition coefficient (Wildman–Crippen LogP) is 0.317. The van der Waals surface area contributed by atoms with Crippen LogP contribution in [-0.2, 0) is 0 Å². The summed E-state index contributed by atoms with van der Waals surface area (Å²) in [6, 6.07) is 0.342. The van der Waals surface area contributed by atoms with Crippen LogP contribution in [0.15, 0.2) is 0 Å². The number of likely N-dealkylation sites (tertiary alicyclic amines) is 1. The molecule has 0 aliphatic carbocycles. The van der Waals surface area contributed by atoms with Gasteiger partial charge < -0.3 is 5.73 Å². The normalized spacial score (nSPS) is 31.8. The maximum Gasteiger partial charge on any atom is 0.0776 e. The Morgan fingerprint density at radius 3 is 2.33 bits per heavy atom. The standard InChI is InChI=1S/C9H21N3/c1-4-12(5-2)9-8(10)6-7-11(9)3/h8-9H,4-7,10H2,1-3H3. The summed E-state index contributed by atoms with van der Waals surface area (Å²) in [6.45, 7) is 7.73. The van der Waals surface area contributed by atoms with E-state index in [4.69, 9.17) is 5.73 Å². The van der Waals surface area contributed by atoms with Crippen LogP contribution in [0.4, 0.5) is 0 Å². The molecule has 0 aromatic heterocycles. The van der Waals surface area contributed by atoms with Gasteiger partial charge in [0.1, 0.15) is 0 Å². The van der Waals surface area contributed by atoms with Gasteiger partial charge in [-0.3, -0.25) is 9.80 Å². The Bertz CT molecular complexity index is 124. The fraction of sp³-hybridized carbons (Fsp3) is 1.00. The second-order valence-corrected chi connectivity index (χ2v) is 3.57. The lowest BCUT2D eigenvalue weighted by atomic mass is 10.2. The zero-order valence-electron chi connectivity index (χ0n) is 8.45. The molecule has 1 rings (SSSR count). The molecule has 1 aliphatic rings. The van der Waals surface area contributed by atoms with Gasteiger partial charge >= 0.3 is 0 Å². The zero-order valence-corrected chi connectivity index (χ0v) is 8.45. The lowest BCUT2D eigenvalue weighted by Gasteiger charge is -2.33. The zero-order chi connectivity index (χ0) is 9.14. The van der Waals surface area contributed by atoms with E-state index in [0.717, 1.165) is 26.1 Å². The molecule has 2 atom stereocenters. The van der Waals surface area contributed by atoms with E-state index in [1.54, 1.807) is 0 Å². The van der Waals surface area contributed by atoms with E-state index in [0.29, 0.717) is 12.2 Å². The van der Waals surface area contributed by atoms with E-state index in [-0.39, 0.29) is 0 Å². The van der Waals surface area contributed by atoms with Crippen LogP contribution in [0.5, 0.6) is 0 Å². The molecule has 2 unspecified atom stereocenters. The molecule has 1 aliphatic heterocycles. The van der Waals surface area contributed by atoms with Crippen LogP contribution in [0.25, 0.3) is 0 Å². The fourth-order valence-electron chi connectivity index (χ4n) is 2.11. The van der Waals surface area contributed by atoms with Crippen molar-refractivity contribution in [2.24, 2.45) is 5.73 Å². The number of hydrogen-bond donors (Lipinski definition) is 1. The van der Waals surface area contributed by atoms with Gasteiger partial charge in [0, 0.05) is 12.6 Å². The van der Waals surface area contributed by atoms with Crippen molar-refractivity contribution in [3.05, 3.63) is 0 Å². The van der Waals surface area contributed by atoms with Gasteiger partial charge in [-0.05, 0) is 26.6 Å². The summed E-state index contributed by atoms with van der Waals surface area (Å²) in [6.07, 6.45) is 1.61. The smallest absolute Gasteiger partial charge is 0.0776 e. The van der Waals surface area contributed by atoms with E-state index in [9.17, 15) is 0 Å². The van der Waals surface area contributed by atoms with E-state index in [1.165, 1.54) is 0 Å². The highest BCUT2D eigenvalue weighted by Crippen LogP contribution is 2.17. The number of nitrogens with zero attached hydrogens (tertiary/aromatic N) is 2. The quantitative estimate of drug-likeness (QED) is 0.663. The first-order chi connectivity index (χ1) is 5.70. The van der Waals surface area contributed by atoms with Gasteiger partial charge in [-0.2, -0.15) is 0 Å². The molecule has 0 aromatic rings. The molecule has 0 spiro atoms. The first-order valence-corrected chi connectivity index (χ1v) is 4.90. The summed E-state index contributed by atoms with van der Waals surface area (Å²) in [5.74, 6) is 0. The van der Waals surface area contributed by atoms with Crippen molar-refractivity contribution in [3.63, 3.8) is 0 Å². The first kappa shape index (κ1) is 9.96. The third kappa shape index (κ3) is 1.79. The van der Waals surface area contributed by atoms with Crippen molar-refractivity contribution in [1.82, 2.24) is 9.80 Å². The fourth-order valence-corrected chi connectivity index (χ4v) is 2.11. The number of likely N-dealkylation sites (N-methyl/N-ethyl adjacent to an activating group) is 2. The molecular formula is C9H21N3. The van der Waals surface area contributed by atoms with Crippen LogP contribution in [0.2, 0.25) is 0 Å². The molecule has 1 saturated heterocycles. The minimum atomic E-state index is 0.342. The molecule has 0 aromatic carbocycles. The SMILES string of the molecule is CCN(CC)C1C(N)CCN1C. The Labute approximate surface area is 75.5 Å².